The molecule has 0 fully saturated rings. The van der Waals surface area contributed by atoms with Crippen molar-refractivity contribution in [2.24, 2.45) is 0 Å². The zero-order chi connectivity index (χ0) is 17.2. The molecule has 0 saturated carbocycles. The Hall–Kier alpha value is -1.91. The Morgan fingerprint density at radius 3 is 1.92 bits per heavy atom. The molecule has 2 aromatic carbocycles. The molecule has 0 radical (unpaired) electrons. The molecule has 0 bridgehead atoms. The number of ether oxygens (including phenoxy) is 1. The molecule has 0 spiro atoms. The second kappa shape index (κ2) is 10.1. The summed E-state index contributed by atoms with van der Waals surface area (Å²) in [6.07, 6.45) is 0. The average Bonchev–Trinajstić information content (AvgIpc) is 2.65. The van der Waals surface area contributed by atoms with Gasteiger partial charge in [0.05, 0.1) is 6.04 Å². The molecule has 0 atom stereocenters. The van der Waals surface area contributed by atoms with Crippen LogP contribution in [-0.4, -0.2) is 36.3 Å². The second-order valence-electron chi connectivity index (χ2n) is 5.56. The third kappa shape index (κ3) is 5.62. The van der Waals surface area contributed by atoms with Crippen LogP contribution in [0, 0.1) is 0 Å². The van der Waals surface area contributed by atoms with Crippen LogP contribution in [0.4, 0.5) is 0 Å². The van der Waals surface area contributed by atoms with Crippen molar-refractivity contribution in [3.05, 3.63) is 71.8 Å². The van der Waals surface area contributed by atoms with Crippen LogP contribution in [-0.2, 0) is 4.74 Å². The van der Waals surface area contributed by atoms with Crippen LogP contribution >= 0.6 is 12.2 Å². The van der Waals surface area contributed by atoms with Gasteiger partial charge in [-0.05, 0) is 36.4 Å². The van der Waals surface area contributed by atoms with E-state index in [1.54, 1.807) is 0 Å². The van der Waals surface area contributed by atoms with Gasteiger partial charge in [0.15, 0.2) is 0 Å². The summed E-state index contributed by atoms with van der Waals surface area (Å²) in [5.41, 5.74) is 2.33. The maximum Gasteiger partial charge on any atom is 0.257 e. The summed E-state index contributed by atoms with van der Waals surface area (Å²) in [5.74, 6) is 0. The predicted molar refractivity (Wildman–Crippen MR) is 104 cm³/mol. The standard InChI is InChI=1S/C20H26N2OS/c1-3-22(4-2)15-16-23-20(24)21-19(17-11-7-5-8-12-17)18-13-9-6-10-14-18/h5-14,19H,3-4,15-16H2,1-2H3,(H,21,24). The quantitative estimate of drug-likeness (QED) is 0.733. The lowest BCUT2D eigenvalue weighted by atomic mass is 9.99. The van der Waals surface area contributed by atoms with Crippen molar-refractivity contribution in [2.45, 2.75) is 19.9 Å². The summed E-state index contributed by atoms with van der Waals surface area (Å²) in [6, 6.07) is 20.6. The Labute approximate surface area is 150 Å². The van der Waals surface area contributed by atoms with E-state index in [1.807, 2.05) is 36.4 Å². The maximum absolute atomic E-state index is 5.73. The number of nitrogens with one attached hydrogen (secondary N) is 1. The Morgan fingerprint density at radius 2 is 1.46 bits per heavy atom. The number of nitrogens with zero attached hydrogens (tertiary/aromatic N) is 1. The van der Waals surface area contributed by atoms with Gasteiger partial charge in [0.25, 0.3) is 5.17 Å². The number of hydrogen-bond acceptors (Lipinski definition) is 3. The number of benzene rings is 2. The fourth-order valence-corrected chi connectivity index (χ4v) is 2.82. The van der Waals surface area contributed by atoms with E-state index >= 15 is 0 Å². The number of hydrogen-bond donors (Lipinski definition) is 1. The lowest BCUT2D eigenvalue weighted by Gasteiger charge is -2.22. The Balaban J connectivity index is 2.00. The summed E-state index contributed by atoms with van der Waals surface area (Å²) in [6.45, 7) is 7.84. The summed E-state index contributed by atoms with van der Waals surface area (Å²) in [4.78, 5) is 2.31. The van der Waals surface area contributed by atoms with Crippen LogP contribution in [0.15, 0.2) is 60.7 Å². The molecule has 2 rings (SSSR count). The molecule has 0 aliphatic heterocycles. The SMILES string of the molecule is CCN(CC)CCOC(=S)NC(c1ccccc1)c1ccccc1. The normalized spacial score (nSPS) is 10.8. The lowest BCUT2D eigenvalue weighted by molar-refractivity contribution is 0.212. The molecule has 0 aliphatic rings. The first kappa shape index (κ1) is 18.4. The van der Waals surface area contributed by atoms with Crippen LogP contribution < -0.4 is 5.32 Å². The molecule has 24 heavy (non-hydrogen) atoms. The van der Waals surface area contributed by atoms with Crippen molar-refractivity contribution >= 4 is 17.4 Å². The average molecular weight is 343 g/mol. The van der Waals surface area contributed by atoms with E-state index in [0.717, 1.165) is 19.6 Å². The van der Waals surface area contributed by atoms with Gasteiger partial charge in [-0.1, -0.05) is 74.5 Å². The van der Waals surface area contributed by atoms with Crippen LogP contribution in [0.5, 0.6) is 0 Å². The van der Waals surface area contributed by atoms with Gasteiger partial charge in [0, 0.05) is 6.54 Å². The van der Waals surface area contributed by atoms with Crippen molar-refractivity contribution < 1.29 is 4.74 Å². The molecule has 0 aromatic heterocycles. The van der Waals surface area contributed by atoms with Gasteiger partial charge in [-0.2, -0.15) is 0 Å². The van der Waals surface area contributed by atoms with Gasteiger partial charge in [0.1, 0.15) is 6.61 Å². The van der Waals surface area contributed by atoms with Crippen LogP contribution in [0.1, 0.15) is 31.0 Å². The number of rotatable bonds is 8. The number of likely N-dealkylation sites (N-methyl/N-ethyl adjacent to an activating group) is 1. The van der Waals surface area contributed by atoms with Gasteiger partial charge < -0.3 is 15.0 Å². The summed E-state index contributed by atoms with van der Waals surface area (Å²) >= 11 is 5.40. The smallest absolute Gasteiger partial charge is 0.257 e. The Morgan fingerprint density at radius 1 is 0.958 bits per heavy atom. The third-order valence-corrected chi connectivity index (χ3v) is 4.30. The van der Waals surface area contributed by atoms with Gasteiger partial charge in [-0.15, -0.1) is 0 Å². The van der Waals surface area contributed by atoms with E-state index in [2.05, 4.69) is 48.3 Å². The molecular formula is C20H26N2OS. The van der Waals surface area contributed by atoms with Crippen LogP contribution in [0.2, 0.25) is 0 Å². The molecule has 2 aromatic rings. The minimum Gasteiger partial charge on any atom is -0.470 e. The Bertz CT molecular complexity index is 560. The molecular weight excluding hydrogens is 316 g/mol. The zero-order valence-corrected chi connectivity index (χ0v) is 15.3. The van der Waals surface area contributed by atoms with E-state index in [0.29, 0.717) is 11.8 Å². The van der Waals surface area contributed by atoms with Gasteiger partial charge in [-0.25, -0.2) is 0 Å². The molecule has 1 N–H and O–H groups in total. The van der Waals surface area contributed by atoms with Crippen LogP contribution in [0.3, 0.4) is 0 Å². The van der Waals surface area contributed by atoms with E-state index in [1.165, 1.54) is 11.1 Å². The van der Waals surface area contributed by atoms with Crippen molar-refractivity contribution in [1.82, 2.24) is 10.2 Å². The minimum atomic E-state index is -0.00615. The summed E-state index contributed by atoms with van der Waals surface area (Å²) in [7, 11) is 0. The first-order valence-corrected chi connectivity index (χ1v) is 8.91. The highest BCUT2D eigenvalue weighted by molar-refractivity contribution is 7.80. The largest absolute Gasteiger partial charge is 0.470 e. The fraction of sp³-hybridized carbons (Fsp3) is 0.350. The first-order chi connectivity index (χ1) is 11.7. The van der Waals surface area contributed by atoms with E-state index in [9.17, 15) is 0 Å². The number of thiocarbonyl (C=S) groups is 1. The van der Waals surface area contributed by atoms with Crippen molar-refractivity contribution in [1.29, 1.82) is 0 Å². The first-order valence-electron chi connectivity index (χ1n) is 8.50. The van der Waals surface area contributed by atoms with E-state index in [4.69, 9.17) is 17.0 Å². The molecule has 128 valence electrons. The molecule has 0 heterocycles. The van der Waals surface area contributed by atoms with E-state index in [-0.39, 0.29) is 6.04 Å². The highest BCUT2D eigenvalue weighted by Gasteiger charge is 2.15. The van der Waals surface area contributed by atoms with Crippen molar-refractivity contribution in [2.75, 3.05) is 26.2 Å². The highest BCUT2D eigenvalue weighted by atomic mass is 32.1. The minimum absolute atomic E-state index is 0.00615. The maximum atomic E-state index is 5.73. The zero-order valence-electron chi connectivity index (χ0n) is 14.4. The van der Waals surface area contributed by atoms with E-state index < -0.39 is 0 Å². The van der Waals surface area contributed by atoms with Gasteiger partial charge in [-0.3, -0.25) is 0 Å². The Kier molecular flexibility index (Phi) is 7.72. The summed E-state index contributed by atoms with van der Waals surface area (Å²) in [5, 5.41) is 3.79. The predicted octanol–water partition coefficient (Wildman–Crippen LogP) is 4.01. The summed E-state index contributed by atoms with van der Waals surface area (Å²) < 4.78 is 5.73. The van der Waals surface area contributed by atoms with Crippen molar-refractivity contribution in [3.63, 3.8) is 0 Å². The monoisotopic (exact) mass is 342 g/mol. The molecule has 4 heteroatoms. The molecule has 0 amide bonds. The van der Waals surface area contributed by atoms with Crippen LogP contribution in [0.25, 0.3) is 0 Å². The lowest BCUT2D eigenvalue weighted by Crippen LogP contribution is -2.33. The fourth-order valence-electron chi connectivity index (χ4n) is 2.62. The third-order valence-electron chi connectivity index (χ3n) is 4.06. The second-order valence-corrected chi connectivity index (χ2v) is 5.93. The van der Waals surface area contributed by atoms with Crippen molar-refractivity contribution in [3.8, 4) is 0 Å². The van der Waals surface area contributed by atoms with Gasteiger partial charge in [0.2, 0.25) is 0 Å². The molecule has 0 unspecified atom stereocenters. The van der Waals surface area contributed by atoms with Gasteiger partial charge >= 0.3 is 0 Å². The molecule has 0 saturated heterocycles. The molecule has 0 aliphatic carbocycles. The highest BCUT2D eigenvalue weighted by Crippen LogP contribution is 2.21. The molecule has 3 nitrogen and oxygen atoms in total. The topological polar surface area (TPSA) is 24.5 Å².